The number of carbonyl (C=O) groups is 1. The molecule has 17 heavy (non-hydrogen) atoms. The lowest BCUT2D eigenvalue weighted by atomic mass is 10.1. The molecule has 0 aliphatic carbocycles. The van der Waals surface area contributed by atoms with Crippen molar-refractivity contribution in [3.05, 3.63) is 35.4 Å². The Balaban J connectivity index is 2.18. The van der Waals surface area contributed by atoms with Crippen molar-refractivity contribution in [3.63, 3.8) is 0 Å². The van der Waals surface area contributed by atoms with Gasteiger partial charge in [0.1, 0.15) is 17.7 Å². The van der Waals surface area contributed by atoms with E-state index in [0.717, 1.165) is 6.07 Å². The fourth-order valence-corrected chi connectivity index (χ4v) is 2.93. The first kappa shape index (κ1) is 12.3. The molecule has 1 aromatic rings. The minimum absolute atomic E-state index is 0.380. The molecule has 1 aliphatic rings. The molecule has 2 atom stereocenters. The number of rotatable bonds is 2. The predicted octanol–water partition coefficient (Wildman–Crippen LogP) is 2.14. The van der Waals surface area contributed by atoms with Crippen LogP contribution in [-0.4, -0.2) is 22.9 Å². The molecule has 0 saturated carbocycles. The van der Waals surface area contributed by atoms with Gasteiger partial charge in [0.2, 0.25) is 0 Å². The molecule has 0 spiro atoms. The van der Waals surface area contributed by atoms with Gasteiger partial charge < -0.3 is 5.11 Å². The number of carboxylic acids is 1. The number of aliphatic carboxylic acids is 1. The quantitative estimate of drug-likeness (QED) is 0.854. The van der Waals surface area contributed by atoms with E-state index in [0.29, 0.717) is 17.7 Å². The van der Waals surface area contributed by atoms with Gasteiger partial charge in [-0.25, -0.2) is 8.78 Å². The van der Waals surface area contributed by atoms with Crippen molar-refractivity contribution in [1.29, 1.82) is 0 Å². The Hall–Kier alpha value is -1.14. The SMILES string of the molecule is O=C(O)C1CCSC(c2cc(F)cc(F)c2)N1. The molecule has 0 radical (unpaired) electrons. The second-order valence-corrected chi connectivity index (χ2v) is 5.01. The average molecular weight is 259 g/mol. The Morgan fingerprint density at radius 1 is 1.35 bits per heavy atom. The number of benzene rings is 1. The van der Waals surface area contributed by atoms with Gasteiger partial charge in [0, 0.05) is 6.07 Å². The molecule has 0 bridgehead atoms. The summed E-state index contributed by atoms with van der Waals surface area (Å²) in [4.78, 5) is 10.8. The molecule has 1 aromatic carbocycles. The molecular formula is C11H11F2NO2S. The Kier molecular flexibility index (Phi) is 3.63. The van der Waals surface area contributed by atoms with E-state index in [-0.39, 0.29) is 5.37 Å². The largest absolute Gasteiger partial charge is 0.480 e. The van der Waals surface area contributed by atoms with Gasteiger partial charge >= 0.3 is 5.97 Å². The second-order valence-electron chi connectivity index (χ2n) is 3.80. The highest BCUT2D eigenvalue weighted by Crippen LogP contribution is 2.32. The number of nitrogens with one attached hydrogen (secondary N) is 1. The summed E-state index contributed by atoms with van der Waals surface area (Å²) >= 11 is 1.45. The fourth-order valence-electron chi connectivity index (χ4n) is 1.73. The Morgan fingerprint density at radius 2 is 2.00 bits per heavy atom. The van der Waals surface area contributed by atoms with Gasteiger partial charge in [-0.2, -0.15) is 0 Å². The van der Waals surface area contributed by atoms with Crippen LogP contribution in [0.4, 0.5) is 8.78 Å². The van der Waals surface area contributed by atoms with Gasteiger partial charge in [0.25, 0.3) is 0 Å². The summed E-state index contributed by atoms with van der Waals surface area (Å²) in [7, 11) is 0. The van der Waals surface area contributed by atoms with E-state index < -0.39 is 23.6 Å². The number of thioether (sulfide) groups is 1. The van der Waals surface area contributed by atoms with E-state index in [4.69, 9.17) is 5.11 Å². The maximum absolute atomic E-state index is 13.0. The monoisotopic (exact) mass is 259 g/mol. The summed E-state index contributed by atoms with van der Waals surface area (Å²) in [5.41, 5.74) is 0.429. The molecule has 1 fully saturated rings. The summed E-state index contributed by atoms with van der Waals surface area (Å²) in [6, 6.07) is 2.58. The van der Waals surface area contributed by atoms with Gasteiger partial charge in [0.15, 0.2) is 0 Å². The van der Waals surface area contributed by atoms with E-state index in [1.807, 2.05) is 0 Å². The van der Waals surface area contributed by atoms with E-state index in [1.54, 1.807) is 0 Å². The molecule has 2 N–H and O–H groups in total. The highest BCUT2D eigenvalue weighted by Gasteiger charge is 2.27. The summed E-state index contributed by atoms with van der Waals surface area (Å²) in [5, 5.41) is 11.4. The van der Waals surface area contributed by atoms with E-state index in [2.05, 4.69) is 5.32 Å². The third kappa shape index (κ3) is 2.95. The molecule has 3 nitrogen and oxygen atoms in total. The molecule has 1 saturated heterocycles. The molecule has 1 heterocycles. The molecular weight excluding hydrogens is 248 g/mol. The first-order chi connectivity index (χ1) is 8.06. The van der Waals surface area contributed by atoms with Crippen molar-refractivity contribution in [2.75, 3.05) is 5.75 Å². The van der Waals surface area contributed by atoms with E-state index in [9.17, 15) is 13.6 Å². The van der Waals surface area contributed by atoms with Crippen LogP contribution in [0.25, 0.3) is 0 Å². The van der Waals surface area contributed by atoms with Crippen LogP contribution in [0.3, 0.4) is 0 Å². The number of hydrogen-bond donors (Lipinski definition) is 2. The van der Waals surface area contributed by atoms with Crippen molar-refractivity contribution in [3.8, 4) is 0 Å². The number of halogens is 2. The lowest BCUT2D eigenvalue weighted by molar-refractivity contribution is -0.139. The van der Waals surface area contributed by atoms with Crippen LogP contribution in [0.1, 0.15) is 17.4 Å². The Morgan fingerprint density at radius 3 is 2.59 bits per heavy atom. The zero-order valence-corrected chi connectivity index (χ0v) is 9.64. The van der Waals surface area contributed by atoms with Crippen LogP contribution in [0.2, 0.25) is 0 Å². The Labute approximate surface area is 101 Å². The van der Waals surface area contributed by atoms with Crippen LogP contribution in [0.15, 0.2) is 18.2 Å². The fraction of sp³-hybridized carbons (Fsp3) is 0.364. The lowest BCUT2D eigenvalue weighted by Crippen LogP contribution is -2.41. The smallest absolute Gasteiger partial charge is 0.320 e. The van der Waals surface area contributed by atoms with Crippen LogP contribution in [0, 0.1) is 11.6 Å². The van der Waals surface area contributed by atoms with Crippen molar-refractivity contribution in [2.24, 2.45) is 0 Å². The highest BCUT2D eigenvalue weighted by atomic mass is 32.2. The first-order valence-corrected chi connectivity index (χ1v) is 6.17. The Bertz CT molecular complexity index is 421. The van der Waals surface area contributed by atoms with Crippen molar-refractivity contribution < 1.29 is 18.7 Å². The average Bonchev–Trinajstić information content (AvgIpc) is 2.28. The van der Waals surface area contributed by atoms with E-state index >= 15 is 0 Å². The third-order valence-electron chi connectivity index (χ3n) is 2.53. The highest BCUT2D eigenvalue weighted by molar-refractivity contribution is 7.99. The normalized spacial score (nSPS) is 24.6. The molecule has 6 heteroatoms. The third-order valence-corrected chi connectivity index (χ3v) is 3.74. The van der Waals surface area contributed by atoms with Crippen molar-refractivity contribution in [2.45, 2.75) is 17.8 Å². The summed E-state index contributed by atoms with van der Waals surface area (Å²) in [5.74, 6) is -1.60. The molecule has 2 rings (SSSR count). The first-order valence-electron chi connectivity index (χ1n) is 5.13. The zero-order chi connectivity index (χ0) is 12.4. The van der Waals surface area contributed by atoms with Crippen LogP contribution >= 0.6 is 11.8 Å². The van der Waals surface area contributed by atoms with Crippen LogP contribution < -0.4 is 5.32 Å². The summed E-state index contributed by atoms with van der Waals surface area (Å²) in [6.07, 6.45) is 0.508. The van der Waals surface area contributed by atoms with Crippen molar-refractivity contribution in [1.82, 2.24) is 5.32 Å². The van der Waals surface area contributed by atoms with Gasteiger partial charge in [-0.1, -0.05) is 0 Å². The van der Waals surface area contributed by atoms with Crippen LogP contribution in [0.5, 0.6) is 0 Å². The zero-order valence-electron chi connectivity index (χ0n) is 8.82. The number of carboxylic acid groups (broad SMARTS) is 1. The molecule has 0 amide bonds. The predicted molar refractivity (Wildman–Crippen MR) is 60.7 cm³/mol. The van der Waals surface area contributed by atoms with Crippen LogP contribution in [-0.2, 0) is 4.79 Å². The summed E-state index contributed by atoms with van der Waals surface area (Å²) < 4.78 is 26.1. The maximum atomic E-state index is 13.0. The second kappa shape index (κ2) is 5.01. The topological polar surface area (TPSA) is 49.3 Å². The van der Waals surface area contributed by atoms with E-state index in [1.165, 1.54) is 23.9 Å². The standard InChI is InChI=1S/C11H11F2NO2S/c12-7-3-6(4-8(13)5-7)10-14-9(11(15)16)1-2-17-10/h3-5,9-10,14H,1-2H2,(H,15,16). The maximum Gasteiger partial charge on any atom is 0.320 e. The van der Waals surface area contributed by atoms with Gasteiger partial charge in [-0.05, 0) is 29.9 Å². The van der Waals surface area contributed by atoms with Gasteiger partial charge in [0.05, 0.1) is 5.37 Å². The molecule has 2 unspecified atom stereocenters. The lowest BCUT2D eigenvalue weighted by Gasteiger charge is -2.28. The minimum Gasteiger partial charge on any atom is -0.480 e. The summed E-state index contributed by atoms with van der Waals surface area (Å²) in [6.45, 7) is 0. The van der Waals surface area contributed by atoms with Crippen molar-refractivity contribution >= 4 is 17.7 Å². The minimum atomic E-state index is -0.938. The molecule has 0 aromatic heterocycles. The van der Waals surface area contributed by atoms with Gasteiger partial charge in [-0.3, -0.25) is 10.1 Å². The van der Waals surface area contributed by atoms with Gasteiger partial charge in [-0.15, -0.1) is 11.8 Å². The number of hydrogen-bond acceptors (Lipinski definition) is 3. The molecule has 92 valence electrons. The molecule has 1 aliphatic heterocycles.